The number of aliphatic imine (C=N–C) groups is 1. The molecule has 1 amide bonds. The molecule has 0 aliphatic carbocycles. The number of amides is 1. The van der Waals surface area contributed by atoms with Gasteiger partial charge in [-0.3, -0.25) is 4.79 Å². The zero-order valence-electron chi connectivity index (χ0n) is 11.5. The minimum absolute atomic E-state index is 0.0676. The van der Waals surface area contributed by atoms with Gasteiger partial charge >= 0.3 is 0 Å². The zero-order valence-corrected chi connectivity index (χ0v) is 14.6. The van der Waals surface area contributed by atoms with Gasteiger partial charge < -0.3 is 5.32 Å². The lowest BCUT2D eigenvalue weighted by molar-refractivity contribution is -0.113. The average Bonchev–Trinajstić information content (AvgIpc) is 2.92. The summed E-state index contributed by atoms with van der Waals surface area (Å²) in [6.45, 7) is 0. The number of nitrogens with zero attached hydrogens (tertiary/aromatic N) is 1. The maximum absolute atomic E-state index is 12.0. The molecule has 0 fully saturated rings. The number of carbonyl (C=O) groups excluding carboxylic acids is 1. The highest BCUT2D eigenvalue weighted by molar-refractivity contribution is 9.10. The second kappa shape index (κ2) is 6.86. The zero-order chi connectivity index (χ0) is 15.5. The van der Waals surface area contributed by atoms with Gasteiger partial charge in [0, 0.05) is 16.6 Å². The molecule has 22 heavy (non-hydrogen) atoms. The molecule has 2 aromatic rings. The van der Waals surface area contributed by atoms with Crippen LogP contribution in [-0.4, -0.2) is 16.7 Å². The number of para-hydroxylation sites is 1. The summed E-state index contributed by atoms with van der Waals surface area (Å²) in [4.78, 5) is 16.5. The number of thioether (sulfide) groups is 1. The Bertz CT molecular complexity index is 764. The molecule has 0 spiro atoms. The van der Waals surface area contributed by atoms with E-state index >= 15 is 0 Å². The molecule has 6 heteroatoms. The minimum Gasteiger partial charge on any atom is -0.325 e. The van der Waals surface area contributed by atoms with E-state index in [1.165, 1.54) is 17.3 Å². The van der Waals surface area contributed by atoms with E-state index in [0.717, 1.165) is 21.6 Å². The maximum atomic E-state index is 12.0. The molecule has 1 aliphatic rings. The lowest BCUT2D eigenvalue weighted by Gasteiger charge is -2.06. The molecule has 1 N–H and O–H groups in total. The number of halogens is 2. The monoisotopic (exact) mass is 394 g/mol. The predicted molar refractivity (Wildman–Crippen MR) is 97.5 cm³/mol. The van der Waals surface area contributed by atoms with Crippen molar-refractivity contribution in [3.05, 3.63) is 57.5 Å². The van der Waals surface area contributed by atoms with Crippen molar-refractivity contribution >= 4 is 61.6 Å². The molecule has 0 aromatic heterocycles. The largest absolute Gasteiger partial charge is 0.325 e. The van der Waals surface area contributed by atoms with Crippen molar-refractivity contribution in [1.82, 2.24) is 0 Å². The van der Waals surface area contributed by atoms with Crippen LogP contribution in [0, 0.1) is 0 Å². The molecule has 0 atom stereocenters. The molecule has 2 aromatic carbocycles. The molecule has 3 rings (SSSR count). The second-order valence-electron chi connectivity index (χ2n) is 4.78. The van der Waals surface area contributed by atoms with Gasteiger partial charge in [0.05, 0.1) is 21.5 Å². The Morgan fingerprint density at radius 3 is 2.91 bits per heavy atom. The average molecular weight is 396 g/mol. The summed E-state index contributed by atoms with van der Waals surface area (Å²) in [6.07, 6.45) is 0.804. The van der Waals surface area contributed by atoms with E-state index in [2.05, 4.69) is 32.3 Å². The van der Waals surface area contributed by atoms with Crippen LogP contribution >= 0.6 is 39.3 Å². The van der Waals surface area contributed by atoms with Gasteiger partial charge in [-0.05, 0) is 45.8 Å². The van der Waals surface area contributed by atoms with E-state index in [4.69, 9.17) is 11.6 Å². The van der Waals surface area contributed by atoms with Crippen molar-refractivity contribution in [2.75, 3.05) is 11.1 Å². The van der Waals surface area contributed by atoms with Crippen LogP contribution in [0.5, 0.6) is 0 Å². The number of nitrogens with one attached hydrogen (secondary N) is 1. The summed E-state index contributed by atoms with van der Waals surface area (Å²) in [7, 11) is 0. The fourth-order valence-corrected chi connectivity index (χ4v) is 3.33. The van der Waals surface area contributed by atoms with Crippen molar-refractivity contribution in [2.45, 2.75) is 6.42 Å². The Balaban J connectivity index is 1.54. The highest BCUT2D eigenvalue weighted by Gasteiger charge is 2.15. The van der Waals surface area contributed by atoms with Crippen LogP contribution in [-0.2, 0) is 11.2 Å². The van der Waals surface area contributed by atoms with Gasteiger partial charge in [0.15, 0.2) is 0 Å². The third-order valence-electron chi connectivity index (χ3n) is 3.15. The van der Waals surface area contributed by atoms with Crippen LogP contribution in [0.25, 0.3) is 0 Å². The Hall–Kier alpha value is -1.30. The molecular formula is C16H12BrClN2OS. The first-order chi connectivity index (χ1) is 10.6. The summed E-state index contributed by atoms with van der Waals surface area (Å²) >= 11 is 10.8. The predicted octanol–water partition coefficient (Wildman–Crippen LogP) is 5.06. The summed E-state index contributed by atoms with van der Waals surface area (Å²) in [5, 5.41) is 4.38. The quantitative estimate of drug-likeness (QED) is 0.789. The van der Waals surface area contributed by atoms with Crippen LogP contribution in [0.4, 0.5) is 11.4 Å². The molecule has 3 nitrogen and oxygen atoms in total. The van der Waals surface area contributed by atoms with Crippen LogP contribution < -0.4 is 5.32 Å². The second-order valence-corrected chi connectivity index (χ2v) is 7.09. The number of benzene rings is 2. The Morgan fingerprint density at radius 2 is 2.14 bits per heavy atom. The molecule has 0 saturated carbocycles. The summed E-state index contributed by atoms with van der Waals surface area (Å²) in [6, 6.07) is 13.4. The smallest absolute Gasteiger partial charge is 0.234 e. The third-order valence-corrected chi connectivity index (χ3v) is 5.36. The molecule has 1 heterocycles. The Kier molecular flexibility index (Phi) is 4.86. The van der Waals surface area contributed by atoms with Gasteiger partial charge in [0.1, 0.15) is 0 Å². The fraction of sp³-hybridized carbons (Fsp3) is 0.125. The molecule has 0 radical (unpaired) electrons. The van der Waals surface area contributed by atoms with E-state index in [0.29, 0.717) is 16.5 Å². The normalized spacial score (nSPS) is 12.7. The third kappa shape index (κ3) is 3.72. The van der Waals surface area contributed by atoms with Gasteiger partial charge in [0.25, 0.3) is 0 Å². The highest BCUT2D eigenvalue weighted by atomic mass is 79.9. The van der Waals surface area contributed by atoms with Crippen LogP contribution in [0.1, 0.15) is 5.56 Å². The molecule has 0 unspecified atom stereocenters. The van der Waals surface area contributed by atoms with E-state index in [1.54, 1.807) is 6.07 Å². The number of rotatable bonds is 3. The summed E-state index contributed by atoms with van der Waals surface area (Å²) in [5.74, 6) is 0.266. The number of anilines is 1. The molecule has 0 bridgehead atoms. The number of hydrogen-bond acceptors (Lipinski definition) is 3. The first-order valence-corrected chi connectivity index (χ1v) is 8.80. The standard InChI is InChI=1S/C16H12BrClN2OS/c17-12-6-5-11(8-13(12)18)19-15(21)9-22-16-7-10-3-1-2-4-14(10)20-16/h1-6,8H,7,9H2,(H,19,21). The van der Waals surface area contributed by atoms with Crippen LogP contribution in [0.3, 0.4) is 0 Å². The van der Waals surface area contributed by atoms with Gasteiger partial charge in [-0.15, -0.1) is 11.8 Å². The topological polar surface area (TPSA) is 41.5 Å². The fourth-order valence-electron chi connectivity index (χ4n) is 2.11. The van der Waals surface area contributed by atoms with Crippen molar-refractivity contribution in [2.24, 2.45) is 4.99 Å². The SMILES string of the molecule is O=C(CSC1=Nc2ccccc2C1)Nc1ccc(Br)c(Cl)c1. The Morgan fingerprint density at radius 1 is 1.32 bits per heavy atom. The lowest BCUT2D eigenvalue weighted by Crippen LogP contribution is -2.15. The molecular weight excluding hydrogens is 384 g/mol. The Labute approximate surface area is 146 Å². The van der Waals surface area contributed by atoms with E-state index in [9.17, 15) is 4.79 Å². The van der Waals surface area contributed by atoms with Crippen molar-refractivity contribution in [3.8, 4) is 0 Å². The van der Waals surface area contributed by atoms with Crippen molar-refractivity contribution in [3.63, 3.8) is 0 Å². The summed E-state index contributed by atoms with van der Waals surface area (Å²) < 4.78 is 0.805. The number of hydrogen-bond donors (Lipinski definition) is 1. The van der Waals surface area contributed by atoms with Crippen LogP contribution in [0.15, 0.2) is 51.9 Å². The molecule has 0 saturated heterocycles. The first-order valence-electron chi connectivity index (χ1n) is 6.65. The van der Waals surface area contributed by atoms with Gasteiger partial charge in [-0.25, -0.2) is 4.99 Å². The van der Waals surface area contributed by atoms with Gasteiger partial charge in [-0.2, -0.15) is 0 Å². The van der Waals surface area contributed by atoms with E-state index < -0.39 is 0 Å². The molecule has 112 valence electrons. The first kappa shape index (κ1) is 15.6. The van der Waals surface area contributed by atoms with E-state index in [-0.39, 0.29) is 5.91 Å². The number of carbonyl (C=O) groups is 1. The minimum atomic E-state index is -0.0676. The van der Waals surface area contributed by atoms with Crippen molar-refractivity contribution < 1.29 is 4.79 Å². The van der Waals surface area contributed by atoms with Crippen molar-refractivity contribution in [1.29, 1.82) is 0 Å². The van der Waals surface area contributed by atoms with Gasteiger partial charge in [0.2, 0.25) is 5.91 Å². The number of fused-ring (bicyclic) bond motifs is 1. The van der Waals surface area contributed by atoms with Gasteiger partial charge in [-0.1, -0.05) is 29.8 Å². The highest BCUT2D eigenvalue weighted by Crippen LogP contribution is 2.30. The maximum Gasteiger partial charge on any atom is 0.234 e. The van der Waals surface area contributed by atoms with Crippen LogP contribution in [0.2, 0.25) is 5.02 Å². The van der Waals surface area contributed by atoms with E-state index in [1.807, 2.05) is 30.3 Å². The lowest BCUT2D eigenvalue weighted by atomic mass is 10.2. The molecule has 1 aliphatic heterocycles. The summed E-state index contributed by atoms with van der Waals surface area (Å²) in [5.41, 5.74) is 2.91.